The molecule has 1 atom stereocenters. The van der Waals surface area contributed by atoms with Crippen LogP contribution < -0.4 is 10.2 Å². The minimum absolute atomic E-state index is 0.168. The third kappa shape index (κ3) is 3.76. The zero-order valence-electron chi connectivity index (χ0n) is 16.4. The summed E-state index contributed by atoms with van der Waals surface area (Å²) in [6, 6.07) is 18.1. The lowest BCUT2D eigenvalue weighted by Gasteiger charge is -2.25. The second-order valence-corrected chi connectivity index (χ2v) is 8.18. The van der Waals surface area contributed by atoms with E-state index in [9.17, 15) is 4.79 Å². The molecule has 4 aromatic rings. The zero-order chi connectivity index (χ0) is 20.3. The molecule has 0 aliphatic carbocycles. The largest absolute Gasteiger partial charge is 0.467 e. The first kappa shape index (κ1) is 18.7. The molecule has 0 spiro atoms. The standard InChI is InChI=1S/C23H22N4O2S/c28-22(21-11-4-12-26(21)15-18-9-6-14-29-18)25-23-24-19(16-30-23)20-10-5-13-27(20)17-7-2-1-3-8-17/h1-4,6-9,11-12,14,16,20H,5,10,13,15H2,(H,24,25,28). The van der Waals surface area contributed by atoms with Crippen molar-refractivity contribution in [3.63, 3.8) is 0 Å². The highest BCUT2D eigenvalue weighted by Crippen LogP contribution is 2.37. The lowest BCUT2D eigenvalue weighted by Crippen LogP contribution is -2.22. The van der Waals surface area contributed by atoms with E-state index in [1.807, 2.05) is 35.0 Å². The van der Waals surface area contributed by atoms with Gasteiger partial charge in [0, 0.05) is 23.8 Å². The fourth-order valence-electron chi connectivity index (χ4n) is 3.99. The van der Waals surface area contributed by atoms with E-state index in [1.165, 1.54) is 17.0 Å². The van der Waals surface area contributed by atoms with Crippen molar-refractivity contribution < 1.29 is 9.21 Å². The number of anilines is 2. The number of para-hydroxylation sites is 1. The molecule has 1 unspecified atom stereocenters. The normalized spacial score (nSPS) is 16.1. The summed E-state index contributed by atoms with van der Waals surface area (Å²) in [5.74, 6) is 0.637. The van der Waals surface area contributed by atoms with Gasteiger partial charge in [0.15, 0.2) is 5.13 Å². The highest BCUT2D eigenvalue weighted by molar-refractivity contribution is 7.14. The summed E-state index contributed by atoms with van der Waals surface area (Å²) in [5, 5.41) is 5.65. The molecule has 6 nitrogen and oxygen atoms in total. The van der Waals surface area contributed by atoms with Gasteiger partial charge < -0.3 is 13.9 Å². The van der Waals surface area contributed by atoms with Crippen molar-refractivity contribution in [1.82, 2.24) is 9.55 Å². The van der Waals surface area contributed by atoms with Gasteiger partial charge in [-0.3, -0.25) is 10.1 Å². The first-order chi connectivity index (χ1) is 14.8. The van der Waals surface area contributed by atoms with E-state index in [1.54, 1.807) is 12.3 Å². The van der Waals surface area contributed by atoms with E-state index in [4.69, 9.17) is 9.40 Å². The zero-order valence-corrected chi connectivity index (χ0v) is 17.2. The quantitative estimate of drug-likeness (QED) is 0.469. The number of aromatic nitrogens is 2. The van der Waals surface area contributed by atoms with Crippen LogP contribution in [0.5, 0.6) is 0 Å². The van der Waals surface area contributed by atoms with Crippen molar-refractivity contribution in [3.05, 3.63) is 89.6 Å². The number of rotatable bonds is 6. The van der Waals surface area contributed by atoms with Gasteiger partial charge in [0.05, 0.1) is 24.5 Å². The van der Waals surface area contributed by atoms with Crippen molar-refractivity contribution >= 4 is 28.1 Å². The average molecular weight is 419 g/mol. The van der Waals surface area contributed by atoms with Gasteiger partial charge in [0.1, 0.15) is 11.5 Å². The third-order valence-electron chi connectivity index (χ3n) is 5.39. The van der Waals surface area contributed by atoms with Crippen molar-refractivity contribution in [3.8, 4) is 0 Å². The van der Waals surface area contributed by atoms with E-state index >= 15 is 0 Å². The number of nitrogens with one attached hydrogen (secondary N) is 1. The van der Waals surface area contributed by atoms with Crippen LogP contribution in [0.1, 0.15) is 40.8 Å². The molecule has 0 radical (unpaired) electrons. The van der Waals surface area contributed by atoms with Gasteiger partial charge in [-0.1, -0.05) is 18.2 Å². The Hall–Kier alpha value is -3.32. The van der Waals surface area contributed by atoms with E-state index in [0.717, 1.165) is 30.8 Å². The average Bonchev–Trinajstić information content (AvgIpc) is 3.56. The van der Waals surface area contributed by atoms with Gasteiger partial charge in [-0.05, 0) is 49.2 Å². The van der Waals surface area contributed by atoms with Crippen LogP contribution in [-0.2, 0) is 6.54 Å². The molecule has 0 saturated carbocycles. The molecule has 7 heteroatoms. The molecule has 1 N–H and O–H groups in total. The minimum atomic E-state index is -0.168. The van der Waals surface area contributed by atoms with Crippen LogP contribution in [0.2, 0.25) is 0 Å². The number of hydrogen-bond acceptors (Lipinski definition) is 5. The molecule has 1 saturated heterocycles. The Kier molecular flexibility index (Phi) is 5.11. The number of carbonyl (C=O) groups excluding carboxylic acids is 1. The van der Waals surface area contributed by atoms with Gasteiger partial charge in [0.25, 0.3) is 5.91 Å². The van der Waals surface area contributed by atoms with Crippen molar-refractivity contribution in [2.24, 2.45) is 0 Å². The summed E-state index contributed by atoms with van der Waals surface area (Å²) in [6.07, 6.45) is 5.72. The highest BCUT2D eigenvalue weighted by Gasteiger charge is 2.28. The molecule has 4 heterocycles. The van der Waals surface area contributed by atoms with Crippen LogP contribution in [0.3, 0.4) is 0 Å². The molecule has 152 valence electrons. The Morgan fingerprint density at radius 3 is 2.90 bits per heavy atom. The number of hydrogen-bond donors (Lipinski definition) is 1. The number of amides is 1. The maximum absolute atomic E-state index is 12.8. The summed E-state index contributed by atoms with van der Waals surface area (Å²) in [7, 11) is 0. The fraction of sp³-hybridized carbons (Fsp3) is 0.217. The van der Waals surface area contributed by atoms with Gasteiger partial charge in [0.2, 0.25) is 0 Å². The topological polar surface area (TPSA) is 63.3 Å². The lowest BCUT2D eigenvalue weighted by molar-refractivity contribution is 0.101. The summed E-state index contributed by atoms with van der Waals surface area (Å²) >= 11 is 1.47. The van der Waals surface area contributed by atoms with Crippen LogP contribution in [0.15, 0.2) is 76.9 Å². The Balaban J connectivity index is 1.30. The highest BCUT2D eigenvalue weighted by atomic mass is 32.1. The summed E-state index contributed by atoms with van der Waals surface area (Å²) in [6.45, 7) is 1.54. The van der Waals surface area contributed by atoms with Crippen LogP contribution in [0, 0.1) is 0 Å². The number of nitrogens with zero attached hydrogens (tertiary/aromatic N) is 3. The molecule has 1 aliphatic heterocycles. The SMILES string of the molecule is O=C(Nc1nc(C2CCCN2c2ccccc2)cs1)c1cccn1Cc1ccco1. The molecule has 3 aromatic heterocycles. The molecule has 0 bridgehead atoms. The number of thiazole rings is 1. The van der Waals surface area contributed by atoms with Gasteiger partial charge in [-0.25, -0.2) is 4.98 Å². The minimum Gasteiger partial charge on any atom is -0.467 e. The Bertz CT molecular complexity index is 1120. The lowest BCUT2D eigenvalue weighted by atomic mass is 10.1. The van der Waals surface area contributed by atoms with Crippen LogP contribution >= 0.6 is 11.3 Å². The van der Waals surface area contributed by atoms with Crippen LogP contribution in [0.25, 0.3) is 0 Å². The smallest absolute Gasteiger partial charge is 0.274 e. The van der Waals surface area contributed by atoms with E-state index < -0.39 is 0 Å². The van der Waals surface area contributed by atoms with Crippen molar-refractivity contribution in [2.75, 3.05) is 16.8 Å². The van der Waals surface area contributed by atoms with Gasteiger partial charge in [-0.15, -0.1) is 11.3 Å². The van der Waals surface area contributed by atoms with E-state index in [2.05, 4.69) is 39.9 Å². The molecular weight excluding hydrogens is 396 g/mol. The monoisotopic (exact) mass is 418 g/mol. The van der Waals surface area contributed by atoms with Crippen molar-refractivity contribution in [1.29, 1.82) is 0 Å². The number of carbonyl (C=O) groups is 1. The Labute approximate surface area is 178 Å². The second kappa shape index (κ2) is 8.20. The maximum Gasteiger partial charge on any atom is 0.274 e. The second-order valence-electron chi connectivity index (χ2n) is 7.32. The van der Waals surface area contributed by atoms with Crippen LogP contribution in [-0.4, -0.2) is 22.0 Å². The molecule has 1 aliphatic rings. The number of benzene rings is 1. The predicted octanol–water partition coefficient (Wildman–Crippen LogP) is 5.18. The molecule has 1 fully saturated rings. The molecule has 1 aromatic carbocycles. The Morgan fingerprint density at radius 2 is 2.07 bits per heavy atom. The fourth-order valence-corrected chi connectivity index (χ4v) is 4.74. The first-order valence-electron chi connectivity index (χ1n) is 10.0. The molecule has 30 heavy (non-hydrogen) atoms. The summed E-state index contributed by atoms with van der Waals surface area (Å²) in [4.78, 5) is 20.0. The number of furan rings is 1. The molecular formula is C23H22N4O2S. The molecule has 5 rings (SSSR count). The van der Waals surface area contributed by atoms with Gasteiger partial charge in [-0.2, -0.15) is 0 Å². The molecule has 1 amide bonds. The first-order valence-corrected chi connectivity index (χ1v) is 10.9. The summed E-state index contributed by atoms with van der Waals surface area (Å²) in [5.41, 5.74) is 2.81. The van der Waals surface area contributed by atoms with E-state index in [0.29, 0.717) is 17.4 Å². The Morgan fingerprint density at radius 1 is 1.17 bits per heavy atom. The van der Waals surface area contributed by atoms with Crippen molar-refractivity contribution in [2.45, 2.75) is 25.4 Å². The predicted molar refractivity (Wildman–Crippen MR) is 118 cm³/mol. The summed E-state index contributed by atoms with van der Waals surface area (Å²) < 4.78 is 7.27. The van der Waals surface area contributed by atoms with E-state index in [-0.39, 0.29) is 11.9 Å². The third-order valence-corrected chi connectivity index (χ3v) is 6.17. The van der Waals surface area contributed by atoms with Gasteiger partial charge >= 0.3 is 0 Å². The van der Waals surface area contributed by atoms with Crippen LogP contribution in [0.4, 0.5) is 10.8 Å². The maximum atomic E-state index is 12.8.